The van der Waals surface area contributed by atoms with E-state index in [9.17, 15) is 4.79 Å². The molecule has 0 radical (unpaired) electrons. The average Bonchev–Trinajstić information content (AvgIpc) is 2.59. The quantitative estimate of drug-likeness (QED) is 0.682. The highest BCUT2D eigenvalue weighted by Gasteiger charge is 2.05. The van der Waals surface area contributed by atoms with Gasteiger partial charge in [-0.25, -0.2) is 0 Å². The molecule has 0 aromatic heterocycles. The zero-order valence-corrected chi connectivity index (χ0v) is 13.7. The first kappa shape index (κ1) is 17.3. The van der Waals surface area contributed by atoms with Gasteiger partial charge in [-0.15, -0.1) is 0 Å². The number of unbranched alkanes of at least 4 members (excludes halogenated alkanes) is 1. The van der Waals surface area contributed by atoms with Crippen molar-refractivity contribution in [1.29, 1.82) is 0 Å². The Morgan fingerprint density at radius 1 is 1.04 bits per heavy atom. The van der Waals surface area contributed by atoms with E-state index in [2.05, 4.69) is 12.2 Å². The van der Waals surface area contributed by atoms with Gasteiger partial charge in [0.2, 0.25) is 0 Å². The van der Waals surface area contributed by atoms with Crippen LogP contribution in [0.15, 0.2) is 42.5 Å². The molecular formula is C19H25NO3. The highest BCUT2D eigenvalue weighted by Crippen LogP contribution is 2.24. The molecule has 23 heavy (non-hydrogen) atoms. The third kappa shape index (κ3) is 5.91. The van der Waals surface area contributed by atoms with Crippen LogP contribution in [-0.4, -0.2) is 32.3 Å². The number of amides is 1. The van der Waals surface area contributed by atoms with Gasteiger partial charge >= 0.3 is 0 Å². The average molecular weight is 315 g/mol. The van der Waals surface area contributed by atoms with Crippen LogP contribution in [0.3, 0.4) is 0 Å². The Morgan fingerprint density at radius 2 is 1.83 bits per heavy atom. The SMILES string of the molecule is CCCCOCCCNC(=O)COc1cccc2ccccc12. The fourth-order valence-corrected chi connectivity index (χ4v) is 2.27. The van der Waals surface area contributed by atoms with Gasteiger partial charge in [-0.05, 0) is 24.3 Å². The normalized spacial score (nSPS) is 10.7. The molecular weight excluding hydrogens is 290 g/mol. The molecule has 4 nitrogen and oxygen atoms in total. The van der Waals surface area contributed by atoms with Gasteiger partial charge in [0.1, 0.15) is 5.75 Å². The Kier molecular flexibility index (Phi) is 7.40. The van der Waals surface area contributed by atoms with Crippen molar-refractivity contribution in [2.24, 2.45) is 0 Å². The lowest BCUT2D eigenvalue weighted by atomic mass is 10.1. The summed E-state index contributed by atoms with van der Waals surface area (Å²) in [4.78, 5) is 11.8. The second kappa shape index (κ2) is 9.85. The van der Waals surface area contributed by atoms with Gasteiger partial charge in [-0.2, -0.15) is 0 Å². The number of benzene rings is 2. The topological polar surface area (TPSA) is 47.6 Å². The minimum atomic E-state index is -0.105. The summed E-state index contributed by atoms with van der Waals surface area (Å²) in [5.74, 6) is 0.632. The van der Waals surface area contributed by atoms with Gasteiger partial charge in [0.25, 0.3) is 5.91 Å². The van der Waals surface area contributed by atoms with Crippen LogP contribution >= 0.6 is 0 Å². The molecule has 124 valence electrons. The van der Waals surface area contributed by atoms with Crippen molar-refractivity contribution >= 4 is 16.7 Å². The third-order valence-electron chi connectivity index (χ3n) is 3.54. The lowest BCUT2D eigenvalue weighted by Crippen LogP contribution is -2.30. The first-order valence-electron chi connectivity index (χ1n) is 8.26. The molecule has 2 aromatic carbocycles. The maximum Gasteiger partial charge on any atom is 0.257 e. The molecule has 0 bridgehead atoms. The Bertz CT molecular complexity index is 607. The van der Waals surface area contributed by atoms with E-state index >= 15 is 0 Å². The molecule has 0 aliphatic carbocycles. The van der Waals surface area contributed by atoms with E-state index in [0.29, 0.717) is 13.2 Å². The number of rotatable bonds is 10. The number of fused-ring (bicyclic) bond motifs is 1. The molecule has 0 aliphatic rings. The van der Waals surface area contributed by atoms with Gasteiger partial charge in [-0.1, -0.05) is 49.7 Å². The molecule has 1 amide bonds. The number of carbonyl (C=O) groups is 1. The summed E-state index contributed by atoms with van der Waals surface area (Å²) in [6, 6.07) is 13.8. The van der Waals surface area contributed by atoms with Crippen molar-refractivity contribution < 1.29 is 14.3 Å². The molecule has 0 atom stereocenters. The number of nitrogens with one attached hydrogen (secondary N) is 1. The summed E-state index contributed by atoms with van der Waals surface area (Å²) in [6.45, 7) is 4.27. The van der Waals surface area contributed by atoms with E-state index in [-0.39, 0.29) is 12.5 Å². The predicted molar refractivity (Wildman–Crippen MR) is 92.8 cm³/mol. The van der Waals surface area contributed by atoms with Crippen molar-refractivity contribution in [2.45, 2.75) is 26.2 Å². The predicted octanol–water partition coefficient (Wildman–Crippen LogP) is 3.54. The van der Waals surface area contributed by atoms with Crippen molar-refractivity contribution in [3.8, 4) is 5.75 Å². The Hall–Kier alpha value is -2.07. The van der Waals surface area contributed by atoms with E-state index in [0.717, 1.165) is 42.4 Å². The fourth-order valence-electron chi connectivity index (χ4n) is 2.27. The van der Waals surface area contributed by atoms with Crippen LogP contribution in [-0.2, 0) is 9.53 Å². The second-order valence-corrected chi connectivity index (χ2v) is 5.44. The first-order chi connectivity index (χ1) is 11.3. The number of ether oxygens (including phenoxy) is 2. The molecule has 1 N–H and O–H groups in total. The number of hydrogen-bond acceptors (Lipinski definition) is 3. The van der Waals surface area contributed by atoms with E-state index in [1.165, 1.54) is 0 Å². The van der Waals surface area contributed by atoms with Crippen molar-refractivity contribution in [1.82, 2.24) is 5.32 Å². The summed E-state index contributed by atoms with van der Waals surface area (Å²) in [6.07, 6.45) is 3.05. The van der Waals surface area contributed by atoms with Gasteiger partial charge in [0, 0.05) is 25.1 Å². The van der Waals surface area contributed by atoms with E-state index in [1.807, 2.05) is 42.5 Å². The van der Waals surface area contributed by atoms with E-state index in [1.54, 1.807) is 0 Å². The highest BCUT2D eigenvalue weighted by molar-refractivity contribution is 5.88. The number of hydrogen-bond donors (Lipinski definition) is 1. The van der Waals surface area contributed by atoms with Crippen molar-refractivity contribution in [2.75, 3.05) is 26.4 Å². The summed E-state index contributed by atoms with van der Waals surface area (Å²) in [7, 11) is 0. The summed E-state index contributed by atoms with van der Waals surface area (Å²) >= 11 is 0. The second-order valence-electron chi connectivity index (χ2n) is 5.44. The molecule has 0 unspecified atom stereocenters. The standard InChI is InChI=1S/C19H25NO3/c1-2-3-13-22-14-7-12-20-19(21)15-23-18-11-6-9-16-8-4-5-10-17(16)18/h4-6,8-11H,2-3,7,12-15H2,1H3,(H,20,21). The summed E-state index contributed by atoms with van der Waals surface area (Å²) in [5, 5.41) is 4.97. The molecule has 0 heterocycles. The lowest BCUT2D eigenvalue weighted by Gasteiger charge is -2.10. The first-order valence-corrected chi connectivity index (χ1v) is 8.26. The third-order valence-corrected chi connectivity index (χ3v) is 3.54. The summed E-state index contributed by atoms with van der Waals surface area (Å²) < 4.78 is 11.1. The molecule has 0 saturated heterocycles. The Morgan fingerprint density at radius 3 is 2.70 bits per heavy atom. The van der Waals surface area contributed by atoms with Crippen LogP contribution in [0.2, 0.25) is 0 Å². The zero-order chi connectivity index (χ0) is 16.3. The van der Waals surface area contributed by atoms with Crippen LogP contribution < -0.4 is 10.1 Å². The van der Waals surface area contributed by atoms with Crippen LogP contribution in [0.25, 0.3) is 10.8 Å². The maximum atomic E-state index is 11.8. The monoisotopic (exact) mass is 315 g/mol. The zero-order valence-electron chi connectivity index (χ0n) is 13.7. The van der Waals surface area contributed by atoms with Gasteiger partial charge in [0.05, 0.1) is 0 Å². The summed E-state index contributed by atoms with van der Waals surface area (Å²) in [5.41, 5.74) is 0. The Balaban J connectivity index is 1.68. The molecule has 2 rings (SSSR count). The minimum Gasteiger partial charge on any atom is -0.483 e. The van der Waals surface area contributed by atoms with E-state index in [4.69, 9.17) is 9.47 Å². The van der Waals surface area contributed by atoms with Crippen molar-refractivity contribution in [3.05, 3.63) is 42.5 Å². The van der Waals surface area contributed by atoms with Crippen molar-refractivity contribution in [3.63, 3.8) is 0 Å². The molecule has 2 aromatic rings. The maximum absolute atomic E-state index is 11.8. The Labute approximate surface area is 137 Å². The lowest BCUT2D eigenvalue weighted by molar-refractivity contribution is -0.123. The number of carbonyl (C=O) groups excluding carboxylic acids is 1. The van der Waals surface area contributed by atoms with Crippen LogP contribution in [0.5, 0.6) is 5.75 Å². The van der Waals surface area contributed by atoms with E-state index < -0.39 is 0 Å². The van der Waals surface area contributed by atoms with Gasteiger partial charge in [-0.3, -0.25) is 4.79 Å². The smallest absolute Gasteiger partial charge is 0.257 e. The minimum absolute atomic E-state index is 0.0324. The van der Waals surface area contributed by atoms with Crippen LogP contribution in [0.4, 0.5) is 0 Å². The largest absolute Gasteiger partial charge is 0.483 e. The highest BCUT2D eigenvalue weighted by atomic mass is 16.5. The van der Waals surface area contributed by atoms with Gasteiger partial charge in [0.15, 0.2) is 6.61 Å². The van der Waals surface area contributed by atoms with Crippen LogP contribution in [0.1, 0.15) is 26.2 Å². The van der Waals surface area contributed by atoms with Crippen LogP contribution in [0, 0.1) is 0 Å². The molecule has 4 heteroatoms. The molecule has 0 spiro atoms. The van der Waals surface area contributed by atoms with Gasteiger partial charge < -0.3 is 14.8 Å². The fraction of sp³-hybridized carbons (Fsp3) is 0.421. The molecule has 0 saturated carbocycles. The molecule has 0 fully saturated rings. The molecule has 0 aliphatic heterocycles.